The van der Waals surface area contributed by atoms with E-state index in [4.69, 9.17) is 14.2 Å². The SMILES string of the molecule is CC/C=C\C/C=C\C/C=C\CCCCCCCCCC(=O)OC(COC(=O)CCCCCCC/C=C\CCCCCCCC)COC(=O)CCCCCCCC/C=C\C/C=C\C/C=C\CCCCC. The third-order valence-corrected chi connectivity index (χ3v) is 12.4. The number of allylic oxidation sites excluding steroid dienone is 14. The van der Waals surface area contributed by atoms with Crippen LogP contribution >= 0.6 is 0 Å². The van der Waals surface area contributed by atoms with Crippen LogP contribution in [0.25, 0.3) is 0 Å². The van der Waals surface area contributed by atoms with Gasteiger partial charge in [0.05, 0.1) is 0 Å². The summed E-state index contributed by atoms with van der Waals surface area (Å²) in [5, 5.41) is 0. The maximum atomic E-state index is 12.9. The van der Waals surface area contributed by atoms with Crippen LogP contribution in [0.3, 0.4) is 0 Å². The lowest BCUT2D eigenvalue weighted by molar-refractivity contribution is -0.167. The summed E-state index contributed by atoms with van der Waals surface area (Å²) in [5.74, 6) is -0.913. The minimum Gasteiger partial charge on any atom is -0.462 e. The summed E-state index contributed by atoms with van der Waals surface area (Å²) in [6, 6.07) is 0. The molecule has 0 aliphatic carbocycles. The molecule has 6 nitrogen and oxygen atoms in total. The molecule has 0 radical (unpaired) electrons. The van der Waals surface area contributed by atoms with Crippen LogP contribution in [0.1, 0.15) is 278 Å². The standard InChI is InChI=1S/C63H108O6/c1-4-7-10-13-16-19-22-25-28-30-31-33-35-38-41-44-47-50-53-56-62(65)68-59-60(58-67-61(64)55-52-49-46-43-40-37-34-27-24-21-18-15-12-9-6-3)69-63(66)57-54-51-48-45-42-39-36-32-29-26-23-20-17-14-11-8-5-2/h8,11,16-17,19-20,25-29,31,33-34,60H,4-7,9-10,12-15,18,21-24,30,32,35-59H2,1-3H3/b11-8-,19-16-,20-17-,28-25-,29-26-,33-31-,34-27-. The highest BCUT2D eigenvalue weighted by Gasteiger charge is 2.19. The first-order valence-electron chi connectivity index (χ1n) is 29.1. The third kappa shape index (κ3) is 55.4. The van der Waals surface area contributed by atoms with Crippen molar-refractivity contribution in [3.8, 4) is 0 Å². The molecule has 1 unspecified atom stereocenters. The van der Waals surface area contributed by atoms with Crippen LogP contribution in [0.15, 0.2) is 85.1 Å². The monoisotopic (exact) mass is 961 g/mol. The molecule has 0 amide bonds. The number of ether oxygens (including phenoxy) is 3. The molecular formula is C63H108O6. The van der Waals surface area contributed by atoms with Crippen molar-refractivity contribution in [1.82, 2.24) is 0 Å². The van der Waals surface area contributed by atoms with E-state index in [0.29, 0.717) is 19.3 Å². The molecule has 0 N–H and O–H groups in total. The van der Waals surface area contributed by atoms with E-state index in [1.165, 1.54) is 128 Å². The zero-order valence-electron chi connectivity index (χ0n) is 45.3. The van der Waals surface area contributed by atoms with Gasteiger partial charge in [0.15, 0.2) is 6.10 Å². The number of esters is 3. The van der Waals surface area contributed by atoms with Gasteiger partial charge in [-0.25, -0.2) is 0 Å². The lowest BCUT2D eigenvalue weighted by atomic mass is 10.1. The van der Waals surface area contributed by atoms with Gasteiger partial charge in [0.2, 0.25) is 0 Å². The van der Waals surface area contributed by atoms with E-state index in [9.17, 15) is 14.4 Å². The summed E-state index contributed by atoms with van der Waals surface area (Å²) in [6.45, 7) is 6.48. The highest BCUT2D eigenvalue weighted by atomic mass is 16.6. The Labute approximate surface area is 426 Å². The van der Waals surface area contributed by atoms with E-state index in [-0.39, 0.29) is 31.1 Å². The van der Waals surface area contributed by atoms with Gasteiger partial charge in [-0.3, -0.25) is 14.4 Å². The Bertz CT molecular complexity index is 1330. The molecule has 0 saturated carbocycles. The molecule has 0 rings (SSSR count). The Balaban J connectivity index is 4.43. The van der Waals surface area contributed by atoms with Crippen molar-refractivity contribution >= 4 is 17.9 Å². The van der Waals surface area contributed by atoms with E-state index in [1.54, 1.807) is 0 Å². The van der Waals surface area contributed by atoms with Crippen LogP contribution < -0.4 is 0 Å². The predicted octanol–water partition coefficient (Wildman–Crippen LogP) is 19.5. The van der Waals surface area contributed by atoms with Crippen molar-refractivity contribution in [2.24, 2.45) is 0 Å². The van der Waals surface area contributed by atoms with Gasteiger partial charge in [0.1, 0.15) is 13.2 Å². The van der Waals surface area contributed by atoms with E-state index in [0.717, 1.165) is 109 Å². The molecule has 69 heavy (non-hydrogen) atoms. The second-order valence-electron chi connectivity index (χ2n) is 19.2. The molecule has 6 heteroatoms. The molecule has 0 aromatic rings. The molecule has 0 fully saturated rings. The first-order valence-corrected chi connectivity index (χ1v) is 29.1. The normalized spacial score (nSPS) is 12.7. The second-order valence-corrected chi connectivity index (χ2v) is 19.2. The quantitative estimate of drug-likeness (QED) is 0.0262. The van der Waals surface area contributed by atoms with E-state index in [1.807, 2.05) is 0 Å². The van der Waals surface area contributed by atoms with Crippen LogP contribution in [-0.2, 0) is 28.6 Å². The lowest BCUT2D eigenvalue weighted by Crippen LogP contribution is -2.30. The molecule has 0 aliphatic rings. The average molecular weight is 962 g/mol. The maximum Gasteiger partial charge on any atom is 0.306 e. The largest absolute Gasteiger partial charge is 0.462 e. The van der Waals surface area contributed by atoms with Gasteiger partial charge in [-0.15, -0.1) is 0 Å². The molecule has 396 valence electrons. The lowest BCUT2D eigenvalue weighted by Gasteiger charge is -2.18. The average Bonchev–Trinajstić information content (AvgIpc) is 3.35. The smallest absolute Gasteiger partial charge is 0.306 e. The van der Waals surface area contributed by atoms with Crippen molar-refractivity contribution in [2.45, 2.75) is 284 Å². The van der Waals surface area contributed by atoms with Gasteiger partial charge in [-0.1, -0.05) is 228 Å². The third-order valence-electron chi connectivity index (χ3n) is 12.4. The highest BCUT2D eigenvalue weighted by Crippen LogP contribution is 2.15. The van der Waals surface area contributed by atoms with Crippen LogP contribution in [0.2, 0.25) is 0 Å². The highest BCUT2D eigenvalue weighted by molar-refractivity contribution is 5.71. The molecule has 0 spiro atoms. The molecular weight excluding hydrogens is 853 g/mol. The van der Waals surface area contributed by atoms with Gasteiger partial charge in [-0.05, 0) is 116 Å². The number of rotatable bonds is 52. The van der Waals surface area contributed by atoms with E-state index < -0.39 is 6.10 Å². The zero-order valence-corrected chi connectivity index (χ0v) is 45.3. The van der Waals surface area contributed by atoms with Gasteiger partial charge < -0.3 is 14.2 Å². The first kappa shape index (κ1) is 65.6. The summed E-state index contributed by atoms with van der Waals surface area (Å²) < 4.78 is 16.9. The molecule has 0 aromatic carbocycles. The molecule has 0 heterocycles. The Morgan fingerprint density at radius 1 is 0.304 bits per heavy atom. The molecule has 0 aliphatic heterocycles. The maximum absolute atomic E-state index is 12.9. The summed E-state index contributed by atoms with van der Waals surface area (Å²) in [7, 11) is 0. The Hall–Kier alpha value is -3.41. The van der Waals surface area contributed by atoms with Crippen molar-refractivity contribution in [1.29, 1.82) is 0 Å². The van der Waals surface area contributed by atoms with Gasteiger partial charge in [0, 0.05) is 19.3 Å². The topological polar surface area (TPSA) is 78.9 Å². The minimum absolute atomic E-state index is 0.0891. The second kappa shape index (κ2) is 57.2. The fraction of sp³-hybridized carbons (Fsp3) is 0.730. The van der Waals surface area contributed by atoms with Crippen LogP contribution in [0, 0.1) is 0 Å². The molecule has 1 atom stereocenters. The first-order chi connectivity index (χ1) is 34.0. The number of carbonyl (C=O) groups excluding carboxylic acids is 3. The minimum atomic E-state index is -0.792. The Morgan fingerprint density at radius 2 is 0.565 bits per heavy atom. The Morgan fingerprint density at radius 3 is 0.928 bits per heavy atom. The fourth-order valence-electron chi connectivity index (χ4n) is 7.99. The number of hydrogen-bond acceptors (Lipinski definition) is 6. The van der Waals surface area contributed by atoms with E-state index in [2.05, 4.69) is 106 Å². The summed E-state index contributed by atoms with van der Waals surface area (Å²) >= 11 is 0. The fourth-order valence-corrected chi connectivity index (χ4v) is 7.99. The van der Waals surface area contributed by atoms with Gasteiger partial charge in [0.25, 0.3) is 0 Å². The summed E-state index contributed by atoms with van der Waals surface area (Å²) in [6.07, 6.45) is 74.2. The summed E-state index contributed by atoms with van der Waals surface area (Å²) in [5.41, 5.74) is 0. The predicted molar refractivity (Wildman–Crippen MR) is 297 cm³/mol. The molecule has 0 aromatic heterocycles. The van der Waals surface area contributed by atoms with Gasteiger partial charge in [-0.2, -0.15) is 0 Å². The van der Waals surface area contributed by atoms with Crippen LogP contribution in [-0.4, -0.2) is 37.2 Å². The van der Waals surface area contributed by atoms with Gasteiger partial charge >= 0.3 is 17.9 Å². The molecule has 0 saturated heterocycles. The van der Waals surface area contributed by atoms with Crippen LogP contribution in [0.4, 0.5) is 0 Å². The van der Waals surface area contributed by atoms with Crippen molar-refractivity contribution in [3.05, 3.63) is 85.1 Å². The number of hydrogen-bond donors (Lipinski definition) is 0. The Kier molecular flexibility index (Phi) is 54.3. The zero-order chi connectivity index (χ0) is 50.0. The van der Waals surface area contributed by atoms with Crippen molar-refractivity contribution in [2.75, 3.05) is 13.2 Å². The van der Waals surface area contributed by atoms with Crippen LogP contribution in [0.5, 0.6) is 0 Å². The molecule has 0 bridgehead atoms. The van der Waals surface area contributed by atoms with E-state index >= 15 is 0 Å². The number of carbonyl (C=O) groups is 3. The van der Waals surface area contributed by atoms with Crippen molar-refractivity contribution < 1.29 is 28.6 Å². The number of unbranched alkanes of at least 4 members (excludes halogenated alkanes) is 27. The summed E-state index contributed by atoms with van der Waals surface area (Å²) in [4.78, 5) is 38.2. The van der Waals surface area contributed by atoms with Crippen molar-refractivity contribution in [3.63, 3.8) is 0 Å².